The molecule has 0 bridgehead atoms. The van der Waals surface area contributed by atoms with Crippen molar-refractivity contribution in [1.29, 1.82) is 0 Å². The molecular weight excluding hydrogens is 216 g/mol. The fourth-order valence-electron chi connectivity index (χ4n) is 0. The van der Waals surface area contributed by atoms with E-state index in [4.69, 9.17) is 0 Å². The molecule has 0 rings (SSSR count). The molecule has 0 saturated carbocycles. The van der Waals surface area contributed by atoms with Crippen LogP contribution in [0.25, 0.3) is 0 Å². The van der Waals surface area contributed by atoms with Crippen LogP contribution in [0, 0.1) is 23.7 Å². The summed E-state index contributed by atoms with van der Waals surface area (Å²) in [6.45, 7) is 26.4. The Hall–Kier alpha value is 0. The first kappa shape index (κ1) is 26.5. The van der Waals surface area contributed by atoms with Crippen molar-refractivity contribution in [2.24, 2.45) is 23.7 Å². The Kier molecular flexibility index (Phi) is 32.7. The van der Waals surface area contributed by atoms with Crippen LogP contribution in [0.1, 0.15) is 95.9 Å². The second kappa shape index (κ2) is 22.2. The van der Waals surface area contributed by atoms with Gasteiger partial charge in [-0.05, 0) is 23.7 Å². The van der Waals surface area contributed by atoms with Gasteiger partial charge in [0.2, 0.25) is 0 Å². The van der Waals surface area contributed by atoms with E-state index in [1.165, 1.54) is 12.8 Å². The van der Waals surface area contributed by atoms with Gasteiger partial charge in [0.1, 0.15) is 0 Å². The Labute approximate surface area is 120 Å². The molecule has 0 aromatic rings. The van der Waals surface area contributed by atoms with Gasteiger partial charge in [0.05, 0.1) is 0 Å². The number of hydrogen-bond donors (Lipinski definition) is 0. The van der Waals surface area contributed by atoms with Crippen LogP contribution < -0.4 is 0 Å². The molecule has 0 aliphatic heterocycles. The molecule has 0 aliphatic rings. The summed E-state index contributed by atoms with van der Waals surface area (Å²) in [6.07, 6.45) is 2.50. The monoisotopic (exact) mass is 260 g/mol. The van der Waals surface area contributed by atoms with E-state index in [1.54, 1.807) is 0 Å². The quantitative estimate of drug-likeness (QED) is 0.484. The van der Waals surface area contributed by atoms with Crippen LogP contribution in [0.4, 0.5) is 0 Å². The van der Waals surface area contributed by atoms with Gasteiger partial charge in [-0.3, -0.25) is 0 Å². The second-order valence-corrected chi connectivity index (χ2v) is 6.39. The standard InChI is InChI=1S/2C6H14.2C3H8/c2*1-5(2)6(3)4;2*1-3-2/h2*5-6H,1-4H3;2*3H2,1-2H3. The van der Waals surface area contributed by atoms with Gasteiger partial charge in [0.25, 0.3) is 0 Å². The molecule has 0 radical (unpaired) electrons. The van der Waals surface area contributed by atoms with Crippen molar-refractivity contribution in [3.63, 3.8) is 0 Å². The molecule has 116 valence electrons. The molecule has 0 aromatic heterocycles. The van der Waals surface area contributed by atoms with Crippen molar-refractivity contribution in [2.45, 2.75) is 95.9 Å². The van der Waals surface area contributed by atoms with E-state index in [1.807, 2.05) is 0 Å². The van der Waals surface area contributed by atoms with Crippen molar-refractivity contribution in [2.75, 3.05) is 0 Å². The SMILES string of the molecule is CC(C)C(C)C.CC(C)C(C)C.CCC.CCC. The number of hydrogen-bond acceptors (Lipinski definition) is 0. The van der Waals surface area contributed by atoms with Gasteiger partial charge in [-0.25, -0.2) is 0 Å². The molecular formula is C18H44. The average molecular weight is 261 g/mol. The third-order valence-electron chi connectivity index (χ3n) is 2.67. The van der Waals surface area contributed by atoms with Gasteiger partial charge in [-0.15, -0.1) is 0 Å². The number of rotatable bonds is 2. The van der Waals surface area contributed by atoms with Gasteiger partial charge in [0, 0.05) is 0 Å². The van der Waals surface area contributed by atoms with Gasteiger partial charge < -0.3 is 0 Å². The lowest BCUT2D eigenvalue weighted by atomic mass is 10.0. The first-order valence-electron chi connectivity index (χ1n) is 8.11. The van der Waals surface area contributed by atoms with E-state index >= 15 is 0 Å². The van der Waals surface area contributed by atoms with E-state index in [-0.39, 0.29) is 0 Å². The van der Waals surface area contributed by atoms with E-state index < -0.39 is 0 Å². The molecule has 0 aliphatic carbocycles. The summed E-state index contributed by atoms with van der Waals surface area (Å²) in [4.78, 5) is 0. The van der Waals surface area contributed by atoms with Crippen molar-refractivity contribution in [3.8, 4) is 0 Å². The fraction of sp³-hybridized carbons (Fsp3) is 1.00. The van der Waals surface area contributed by atoms with Crippen LogP contribution in [0.2, 0.25) is 0 Å². The van der Waals surface area contributed by atoms with Crippen molar-refractivity contribution >= 4 is 0 Å². The summed E-state index contributed by atoms with van der Waals surface area (Å²) in [5.74, 6) is 3.41. The zero-order valence-electron chi connectivity index (χ0n) is 15.7. The first-order valence-corrected chi connectivity index (χ1v) is 8.11. The Morgan fingerprint density at radius 2 is 0.444 bits per heavy atom. The molecule has 0 spiro atoms. The average Bonchev–Trinajstić information content (AvgIpc) is 2.20. The summed E-state index contributed by atoms with van der Waals surface area (Å²) in [6, 6.07) is 0. The highest BCUT2D eigenvalue weighted by molar-refractivity contribution is 4.46. The lowest BCUT2D eigenvalue weighted by molar-refractivity contribution is 0.457. The molecule has 0 N–H and O–H groups in total. The maximum absolute atomic E-state index is 2.24. The summed E-state index contributed by atoms with van der Waals surface area (Å²) < 4.78 is 0. The largest absolute Gasteiger partial charge is 0.0656 e. The van der Waals surface area contributed by atoms with E-state index in [9.17, 15) is 0 Å². The highest BCUT2D eigenvalue weighted by Crippen LogP contribution is 2.06. The third-order valence-corrected chi connectivity index (χ3v) is 2.67. The van der Waals surface area contributed by atoms with Crippen LogP contribution in [-0.4, -0.2) is 0 Å². The second-order valence-electron chi connectivity index (χ2n) is 6.39. The maximum Gasteiger partial charge on any atom is -0.0448 e. The van der Waals surface area contributed by atoms with Crippen molar-refractivity contribution in [3.05, 3.63) is 0 Å². The molecule has 0 unspecified atom stereocenters. The topological polar surface area (TPSA) is 0 Å². The molecule has 0 nitrogen and oxygen atoms in total. The zero-order valence-corrected chi connectivity index (χ0v) is 15.7. The smallest absolute Gasteiger partial charge is 0.0448 e. The minimum atomic E-state index is 0.852. The summed E-state index contributed by atoms with van der Waals surface area (Å²) in [7, 11) is 0. The Morgan fingerprint density at radius 3 is 0.444 bits per heavy atom. The highest BCUT2D eigenvalue weighted by atomic mass is 14.0. The molecule has 0 heteroatoms. The van der Waals surface area contributed by atoms with Gasteiger partial charge >= 0.3 is 0 Å². The fourth-order valence-corrected chi connectivity index (χ4v) is 0. The van der Waals surface area contributed by atoms with Crippen molar-refractivity contribution in [1.82, 2.24) is 0 Å². The van der Waals surface area contributed by atoms with Gasteiger partial charge in [0.15, 0.2) is 0 Å². The lowest BCUT2D eigenvalue weighted by Crippen LogP contribution is -1.95. The molecule has 0 amide bonds. The van der Waals surface area contributed by atoms with E-state index in [2.05, 4.69) is 83.1 Å². The predicted octanol–water partition coefficient (Wildman–Crippen LogP) is 7.43. The Morgan fingerprint density at radius 1 is 0.389 bits per heavy atom. The summed E-state index contributed by atoms with van der Waals surface area (Å²) >= 11 is 0. The molecule has 0 atom stereocenters. The summed E-state index contributed by atoms with van der Waals surface area (Å²) in [5.41, 5.74) is 0. The molecule has 0 saturated heterocycles. The third kappa shape index (κ3) is 56.2. The Balaban J connectivity index is -0.0000000770. The predicted molar refractivity (Wildman–Crippen MR) is 91.3 cm³/mol. The van der Waals surface area contributed by atoms with E-state index in [0.29, 0.717) is 0 Å². The molecule has 18 heavy (non-hydrogen) atoms. The molecule has 0 fully saturated rings. The zero-order chi connectivity index (χ0) is 15.7. The van der Waals surface area contributed by atoms with Gasteiger partial charge in [-0.1, -0.05) is 95.9 Å². The van der Waals surface area contributed by atoms with Crippen molar-refractivity contribution < 1.29 is 0 Å². The minimum Gasteiger partial charge on any atom is -0.0656 e. The van der Waals surface area contributed by atoms with Crippen LogP contribution in [0.3, 0.4) is 0 Å². The lowest BCUT2D eigenvalue weighted by Gasteiger charge is -2.05. The first-order chi connectivity index (χ1) is 8.11. The minimum absolute atomic E-state index is 0.852. The normalized spacial score (nSPS) is 9.33. The van der Waals surface area contributed by atoms with Gasteiger partial charge in [-0.2, -0.15) is 0 Å². The van der Waals surface area contributed by atoms with Crippen LogP contribution in [-0.2, 0) is 0 Å². The molecule has 0 heterocycles. The van der Waals surface area contributed by atoms with Crippen LogP contribution in [0.15, 0.2) is 0 Å². The van der Waals surface area contributed by atoms with E-state index in [0.717, 1.165) is 23.7 Å². The maximum atomic E-state index is 2.24. The van der Waals surface area contributed by atoms with Crippen LogP contribution >= 0.6 is 0 Å². The summed E-state index contributed by atoms with van der Waals surface area (Å²) in [5, 5.41) is 0. The van der Waals surface area contributed by atoms with Crippen LogP contribution in [0.5, 0.6) is 0 Å². The molecule has 0 aromatic carbocycles. The highest BCUT2D eigenvalue weighted by Gasteiger charge is 1.96. The Bertz CT molecular complexity index is 72.6.